The van der Waals surface area contributed by atoms with Gasteiger partial charge in [-0.3, -0.25) is 0 Å². The number of pyridine rings is 1. The molecule has 0 aliphatic rings. The number of alkyl halides is 3. The number of aromatic nitrogens is 1. The molecule has 6 heteroatoms. The van der Waals surface area contributed by atoms with Crippen molar-refractivity contribution in [3.8, 4) is 0 Å². The Bertz CT molecular complexity index is 298. The van der Waals surface area contributed by atoms with E-state index in [-0.39, 0.29) is 0 Å². The first kappa shape index (κ1) is 13.4. The monoisotopic (exact) mass is 221 g/mol. The van der Waals surface area contributed by atoms with E-state index in [1.54, 1.807) is 0 Å². The summed E-state index contributed by atoms with van der Waals surface area (Å²) < 4.78 is 33.7. The molecule has 1 aromatic heterocycles. The Hall–Kier alpha value is -1.59. The molecule has 1 heterocycles. The van der Waals surface area contributed by atoms with E-state index in [9.17, 15) is 13.2 Å². The van der Waals surface area contributed by atoms with Crippen molar-refractivity contribution < 1.29 is 27.6 Å². The zero-order valence-electron chi connectivity index (χ0n) is 7.99. The number of carbonyl (C=O) groups is 1. The highest BCUT2D eigenvalue weighted by Gasteiger charge is 2.28. The molecule has 0 bridgehead atoms. The Morgan fingerprint density at radius 3 is 1.87 bits per heavy atom. The third-order valence-electron chi connectivity index (χ3n) is 1.37. The molecule has 0 saturated heterocycles. The molecule has 0 atom stereocenters. The van der Waals surface area contributed by atoms with Gasteiger partial charge in [0.2, 0.25) is 0 Å². The van der Waals surface area contributed by atoms with Crippen LogP contribution in [0.15, 0.2) is 30.6 Å². The van der Waals surface area contributed by atoms with Crippen molar-refractivity contribution in [3.63, 3.8) is 0 Å². The van der Waals surface area contributed by atoms with Crippen LogP contribution in [0.5, 0.6) is 0 Å². The molecule has 0 fully saturated rings. The first-order chi connectivity index (χ1) is 6.88. The van der Waals surface area contributed by atoms with Gasteiger partial charge in [0.25, 0.3) is 0 Å². The fraction of sp³-hybridized carbons (Fsp3) is 0.333. The van der Waals surface area contributed by atoms with Crippen molar-refractivity contribution in [2.45, 2.75) is 19.6 Å². The van der Waals surface area contributed by atoms with Crippen LogP contribution in [-0.4, -0.2) is 12.1 Å². The van der Waals surface area contributed by atoms with Crippen LogP contribution in [0.3, 0.4) is 0 Å². The van der Waals surface area contributed by atoms with Crippen LogP contribution in [0.2, 0.25) is 0 Å². The Labute approximate surface area is 84.8 Å². The quantitative estimate of drug-likeness (QED) is 0.640. The van der Waals surface area contributed by atoms with E-state index in [0.717, 1.165) is 6.54 Å². The predicted molar refractivity (Wildman–Crippen MR) is 43.4 cm³/mol. The van der Waals surface area contributed by atoms with E-state index < -0.39 is 12.1 Å². The second kappa shape index (κ2) is 6.00. The zero-order valence-corrected chi connectivity index (χ0v) is 7.99. The van der Waals surface area contributed by atoms with Gasteiger partial charge in [-0.25, -0.2) is 4.57 Å². The van der Waals surface area contributed by atoms with Crippen molar-refractivity contribution in [1.82, 2.24) is 0 Å². The lowest BCUT2D eigenvalue weighted by molar-refractivity contribution is -0.693. The fourth-order valence-electron chi connectivity index (χ4n) is 0.645. The third kappa shape index (κ3) is 6.48. The highest BCUT2D eigenvalue weighted by atomic mass is 19.4. The minimum absolute atomic E-state index is 1.06. The smallest absolute Gasteiger partial charge is 0.430 e. The van der Waals surface area contributed by atoms with Crippen molar-refractivity contribution in [2.75, 3.05) is 0 Å². The molecule has 0 spiro atoms. The zero-order chi connectivity index (χ0) is 11.9. The fourth-order valence-corrected chi connectivity index (χ4v) is 0.645. The minimum atomic E-state index is -5.19. The van der Waals surface area contributed by atoms with Gasteiger partial charge in [0.05, 0.1) is 0 Å². The number of aryl methyl sites for hydroxylation is 1. The van der Waals surface area contributed by atoms with Gasteiger partial charge in [-0.15, -0.1) is 0 Å². The third-order valence-corrected chi connectivity index (χ3v) is 1.37. The Morgan fingerprint density at radius 1 is 1.27 bits per heavy atom. The maximum Gasteiger partial charge on any atom is 0.430 e. The van der Waals surface area contributed by atoms with Crippen molar-refractivity contribution in [1.29, 1.82) is 0 Å². The number of carboxylic acids is 1. The number of carboxylic acid groups (broad SMARTS) is 1. The molecule has 3 nitrogen and oxygen atoms in total. The first-order valence-corrected chi connectivity index (χ1v) is 4.10. The van der Waals surface area contributed by atoms with Crippen LogP contribution in [-0.2, 0) is 11.3 Å². The molecular formula is C9H10F3NO2. The molecule has 0 aliphatic heterocycles. The van der Waals surface area contributed by atoms with Crippen LogP contribution >= 0.6 is 0 Å². The van der Waals surface area contributed by atoms with E-state index in [1.807, 2.05) is 18.2 Å². The Balaban J connectivity index is 0.000000265. The summed E-state index contributed by atoms with van der Waals surface area (Å²) in [6.45, 7) is 3.18. The SMILES string of the molecule is CC[n+]1ccccc1.O=C([O-])C(F)(F)F. The number of aliphatic carboxylic acids is 1. The number of carbonyl (C=O) groups excluding carboxylic acids is 1. The molecule has 0 unspecified atom stereocenters. The summed E-state index contributed by atoms with van der Waals surface area (Å²) in [4.78, 5) is 8.78. The second-order valence-corrected chi connectivity index (χ2v) is 2.49. The molecule has 0 aromatic carbocycles. The lowest BCUT2D eigenvalue weighted by atomic mass is 10.5. The predicted octanol–water partition coefficient (Wildman–Crippen LogP) is 0.293. The molecule has 84 valence electrons. The van der Waals surface area contributed by atoms with E-state index in [0.29, 0.717) is 0 Å². The summed E-state index contributed by atoms with van der Waals surface area (Å²) >= 11 is 0. The van der Waals surface area contributed by atoms with Crippen molar-refractivity contribution in [3.05, 3.63) is 30.6 Å². The number of hydrogen-bond acceptors (Lipinski definition) is 2. The van der Waals surface area contributed by atoms with E-state index in [2.05, 4.69) is 23.9 Å². The van der Waals surface area contributed by atoms with Gasteiger partial charge in [0, 0.05) is 12.1 Å². The number of nitrogens with zero attached hydrogens (tertiary/aromatic N) is 1. The first-order valence-electron chi connectivity index (χ1n) is 4.10. The highest BCUT2D eigenvalue weighted by molar-refractivity contribution is 5.70. The van der Waals surface area contributed by atoms with Crippen LogP contribution in [0.1, 0.15) is 6.92 Å². The molecule has 1 rings (SSSR count). The van der Waals surface area contributed by atoms with Crippen LogP contribution in [0.25, 0.3) is 0 Å². The molecule has 0 aliphatic carbocycles. The average molecular weight is 221 g/mol. The van der Waals surface area contributed by atoms with Gasteiger partial charge >= 0.3 is 6.18 Å². The van der Waals surface area contributed by atoms with Gasteiger partial charge < -0.3 is 9.90 Å². The molecular weight excluding hydrogens is 211 g/mol. The summed E-state index contributed by atoms with van der Waals surface area (Å²) in [5.41, 5.74) is 0. The topological polar surface area (TPSA) is 44.0 Å². The number of hydrogen-bond donors (Lipinski definition) is 0. The van der Waals surface area contributed by atoms with E-state index >= 15 is 0 Å². The normalized spacial score (nSPS) is 10.1. The summed E-state index contributed by atoms with van der Waals surface area (Å²) in [6, 6.07) is 6.08. The van der Waals surface area contributed by atoms with Crippen LogP contribution in [0.4, 0.5) is 13.2 Å². The van der Waals surface area contributed by atoms with Crippen molar-refractivity contribution in [2.24, 2.45) is 0 Å². The van der Waals surface area contributed by atoms with Crippen LogP contribution < -0.4 is 9.67 Å². The summed E-state index contributed by atoms with van der Waals surface area (Å²) in [5, 5.41) is 8.78. The Kier molecular flexibility index (Phi) is 5.36. The van der Waals surface area contributed by atoms with E-state index in [1.165, 1.54) is 0 Å². The van der Waals surface area contributed by atoms with Gasteiger partial charge in [0.15, 0.2) is 12.4 Å². The highest BCUT2D eigenvalue weighted by Crippen LogP contribution is 2.11. The lowest BCUT2D eigenvalue weighted by Gasteiger charge is -2.03. The molecule has 0 saturated carbocycles. The summed E-state index contributed by atoms with van der Waals surface area (Å²) in [5.74, 6) is -3.01. The van der Waals surface area contributed by atoms with Gasteiger partial charge in [-0.05, 0) is 6.92 Å². The molecule has 1 aromatic rings. The maximum absolute atomic E-state index is 10.5. The Morgan fingerprint density at radius 2 is 1.67 bits per heavy atom. The largest absolute Gasteiger partial charge is 0.542 e. The van der Waals surface area contributed by atoms with E-state index in [4.69, 9.17) is 9.90 Å². The molecule has 0 amide bonds. The summed E-state index contributed by atoms with van der Waals surface area (Å²) in [6.07, 6.45) is -1.08. The van der Waals surface area contributed by atoms with Crippen molar-refractivity contribution >= 4 is 5.97 Å². The standard InChI is InChI=1S/C7H10N.C2HF3O2/c1-2-8-6-4-3-5-7-8;3-2(4,5)1(6)7/h3-7H,2H2,1H3;(H,6,7)/q+1;/p-1. The van der Waals surface area contributed by atoms with Gasteiger partial charge in [0.1, 0.15) is 12.5 Å². The number of rotatable bonds is 1. The average Bonchev–Trinajstić information content (AvgIpc) is 2.18. The van der Waals surface area contributed by atoms with Gasteiger partial charge in [-0.1, -0.05) is 6.07 Å². The van der Waals surface area contributed by atoms with Gasteiger partial charge in [-0.2, -0.15) is 13.2 Å². The number of halogens is 3. The second-order valence-electron chi connectivity index (χ2n) is 2.49. The van der Waals surface area contributed by atoms with Crippen LogP contribution in [0, 0.1) is 0 Å². The maximum atomic E-state index is 10.5. The molecule has 0 N–H and O–H groups in total. The summed E-state index contributed by atoms with van der Waals surface area (Å²) in [7, 11) is 0. The molecule has 15 heavy (non-hydrogen) atoms. The lowest BCUT2D eigenvalue weighted by Crippen LogP contribution is -2.37. The molecule has 0 radical (unpaired) electrons. The minimum Gasteiger partial charge on any atom is -0.542 e.